The van der Waals surface area contributed by atoms with E-state index in [-0.39, 0.29) is 5.69 Å². The summed E-state index contributed by atoms with van der Waals surface area (Å²) in [6.07, 6.45) is -4.63. The Morgan fingerprint density at radius 1 is 1.29 bits per heavy atom. The molecule has 7 heteroatoms. The number of nitrogens with one attached hydrogen (secondary N) is 1. The van der Waals surface area contributed by atoms with Crippen LogP contribution in [0.5, 0.6) is 0 Å². The molecule has 0 saturated heterocycles. The molecule has 1 aromatic rings. The lowest BCUT2D eigenvalue weighted by atomic mass is 10.2. The van der Waals surface area contributed by atoms with Crippen molar-refractivity contribution in [3.05, 3.63) is 28.5 Å². The first-order valence-electron chi connectivity index (χ1n) is 3.39. The fourth-order valence-electron chi connectivity index (χ4n) is 0.875. The number of hydrogen-bond acceptors (Lipinski definition) is 2. The van der Waals surface area contributed by atoms with Crippen LogP contribution in [0, 0.1) is 5.82 Å². The van der Waals surface area contributed by atoms with Gasteiger partial charge in [-0.2, -0.15) is 13.2 Å². The van der Waals surface area contributed by atoms with Gasteiger partial charge in [0.1, 0.15) is 11.5 Å². The highest BCUT2D eigenvalue weighted by Crippen LogP contribution is 2.35. The second-order valence-corrected chi connectivity index (χ2v) is 2.86. The number of hydrazine groups is 1. The Hall–Kier alpha value is -1.01. The molecule has 0 aliphatic rings. The highest BCUT2D eigenvalue weighted by atomic mass is 35.5. The van der Waals surface area contributed by atoms with E-state index >= 15 is 0 Å². The summed E-state index contributed by atoms with van der Waals surface area (Å²) in [5.74, 6) is 3.71. The number of anilines is 1. The van der Waals surface area contributed by atoms with Crippen molar-refractivity contribution in [1.82, 2.24) is 0 Å². The molecule has 1 aromatic carbocycles. The molecular formula is C7H5ClF4N2. The third-order valence-electron chi connectivity index (χ3n) is 1.51. The monoisotopic (exact) mass is 228 g/mol. The highest BCUT2D eigenvalue weighted by Gasteiger charge is 2.32. The van der Waals surface area contributed by atoms with Crippen molar-refractivity contribution in [2.24, 2.45) is 5.84 Å². The maximum Gasteiger partial charge on any atom is 0.416 e. The van der Waals surface area contributed by atoms with E-state index in [9.17, 15) is 17.6 Å². The predicted molar refractivity (Wildman–Crippen MR) is 44.2 cm³/mol. The van der Waals surface area contributed by atoms with Gasteiger partial charge in [-0.25, -0.2) is 4.39 Å². The van der Waals surface area contributed by atoms with Gasteiger partial charge in [0.2, 0.25) is 0 Å². The Kier molecular flexibility index (Phi) is 2.86. The van der Waals surface area contributed by atoms with Crippen molar-refractivity contribution in [3.8, 4) is 0 Å². The molecular weight excluding hydrogens is 224 g/mol. The summed E-state index contributed by atoms with van der Waals surface area (Å²) in [7, 11) is 0. The van der Waals surface area contributed by atoms with E-state index in [1.54, 1.807) is 0 Å². The van der Waals surface area contributed by atoms with Gasteiger partial charge in [0.05, 0.1) is 10.6 Å². The fourth-order valence-corrected chi connectivity index (χ4v) is 1.14. The van der Waals surface area contributed by atoms with Crippen molar-refractivity contribution in [2.45, 2.75) is 6.18 Å². The number of alkyl halides is 3. The minimum atomic E-state index is -4.63. The third kappa shape index (κ3) is 2.08. The largest absolute Gasteiger partial charge is 0.416 e. The van der Waals surface area contributed by atoms with Crippen LogP contribution in [0.25, 0.3) is 0 Å². The molecule has 0 amide bonds. The molecule has 0 aliphatic heterocycles. The van der Waals surface area contributed by atoms with Crippen molar-refractivity contribution in [2.75, 3.05) is 5.43 Å². The third-order valence-corrected chi connectivity index (χ3v) is 1.81. The van der Waals surface area contributed by atoms with Gasteiger partial charge in [0, 0.05) is 0 Å². The lowest BCUT2D eigenvalue weighted by molar-refractivity contribution is -0.137. The Labute approximate surface area is 81.6 Å². The molecule has 14 heavy (non-hydrogen) atoms. The summed E-state index contributed by atoms with van der Waals surface area (Å²) in [4.78, 5) is 0. The molecule has 0 aromatic heterocycles. The predicted octanol–water partition coefficient (Wildman–Crippen LogP) is 2.78. The maximum atomic E-state index is 12.9. The van der Waals surface area contributed by atoms with Crippen LogP contribution in [-0.2, 0) is 6.18 Å². The van der Waals surface area contributed by atoms with Crippen molar-refractivity contribution < 1.29 is 17.6 Å². The van der Waals surface area contributed by atoms with E-state index < -0.39 is 22.6 Å². The average Bonchev–Trinajstić information content (AvgIpc) is 2.01. The molecule has 3 N–H and O–H groups in total. The Morgan fingerprint density at radius 2 is 1.86 bits per heavy atom. The van der Waals surface area contributed by atoms with Gasteiger partial charge < -0.3 is 5.43 Å². The normalized spacial score (nSPS) is 11.6. The topological polar surface area (TPSA) is 38.0 Å². The summed E-state index contributed by atoms with van der Waals surface area (Å²) in [6.45, 7) is 0. The minimum Gasteiger partial charge on any atom is -0.320 e. The number of halogens is 5. The SMILES string of the molecule is NNc1c(F)cc(C(F)(F)F)cc1Cl. The van der Waals surface area contributed by atoms with E-state index in [0.717, 1.165) is 0 Å². The van der Waals surface area contributed by atoms with E-state index in [1.807, 2.05) is 5.43 Å². The molecule has 0 bridgehead atoms. The van der Waals surface area contributed by atoms with E-state index in [0.29, 0.717) is 12.1 Å². The second kappa shape index (κ2) is 3.62. The lowest BCUT2D eigenvalue weighted by Crippen LogP contribution is -2.11. The highest BCUT2D eigenvalue weighted by molar-refractivity contribution is 6.33. The maximum absolute atomic E-state index is 12.9. The summed E-state index contributed by atoms with van der Waals surface area (Å²) < 4.78 is 49.2. The number of benzene rings is 1. The molecule has 0 fully saturated rings. The van der Waals surface area contributed by atoms with Gasteiger partial charge in [-0.3, -0.25) is 5.84 Å². The molecule has 0 heterocycles. The van der Waals surface area contributed by atoms with Crippen LogP contribution in [-0.4, -0.2) is 0 Å². The summed E-state index contributed by atoms with van der Waals surface area (Å²) in [5.41, 5.74) is 0.353. The van der Waals surface area contributed by atoms with Crippen LogP contribution >= 0.6 is 11.6 Å². The molecule has 1 rings (SSSR count). The first-order chi connectivity index (χ1) is 6.36. The molecule has 0 saturated carbocycles. The Morgan fingerprint density at radius 3 is 2.21 bits per heavy atom. The second-order valence-electron chi connectivity index (χ2n) is 2.46. The number of nitrogen functional groups attached to an aromatic ring is 1. The fraction of sp³-hybridized carbons (Fsp3) is 0.143. The van der Waals surface area contributed by atoms with Crippen molar-refractivity contribution in [1.29, 1.82) is 0 Å². The number of nitrogens with two attached hydrogens (primary N) is 1. The summed E-state index contributed by atoms with van der Waals surface area (Å²) in [5, 5.41) is -0.417. The van der Waals surface area contributed by atoms with E-state index in [4.69, 9.17) is 17.4 Å². The summed E-state index contributed by atoms with van der Waals surface area (Å²) >= 11 is 5.36. The smallest absolute Gasteiger partial charge is 0.320 e. The molecule has 0 unspecified atom stereocenters. The van der Waals surface area contributed by atoms with Crippen LogP contribution < -0.4 is 11.3 Å². The van der Waals surface area contributed by atoms with Gasteiger partial charge in [-0.05, 0) is 12.1 Å². The number of hydrogen-bond donors (Lipinski definition) is 2. The van der Waals surface area contributed by atoms with Gasteiger partial charge in [0.25, 0.3) is 0 Å². The van der Waals surface area contributed by atoms with Crippen molar-refractivity contribution >= 4 is 17.3 Å². The zero-order chi connectivity index (χ0) is 10.9. The van der Waals surface area contributed by atoms with Gasteiger partial charge in [0.15, 0.2) is 0 Å². The van der Waals surface area contributed by atoms with Crippen LogP contribution in [0.2, 0.25) is 5.02 Å². The first kappa shape index (κ1) is 11.1. The zero-order valence-electron chi connectivity index (χ0n) is 6.62. The lowest BCUT2D eigenvalue weighted by Gasteiger charge is -2.10. The van der Waals surface area contributed by atoms with E-state index in [1.165, 1.54) is 0 Å². The molecule has 0 atom stereocenters. The first-order valence-corrected chi connectivity index (χ1v) is 3.77. The van der Waals surface area contributed by atoms with Gasteiger partial charge in [-0.15, -0.1) is 0 Å². The number of rotatable bonds is 1. The molecule has 2 nitrogen and oxygen atoms in total. The summed E-state index contributed by atoms with van der Waals surface area (Å²) in [6, 6.07) is 0.918. The standard InChI is InChI=1S/C7H5ClF4N2/c8-4-1-3(7(10,11)12)2-5(9)6(4)14-13/h1-2,14H,13H2. The molecule has 0 radical (unpaired) electrons. The van der Waals surface area contributed by atoms with Crippen molar-refractivity contribution in [3.63, 3.8) is 0 Å². The minimum absolute atomic E-state index is 0.321. The quantitative estimate of drug-likeness (QED) is 0.441. The van der Waals surface area contributed by atoms with Gasteiger partial charge >= 0.3 is 6.18 Å². The van der Waals surface area contributed by atoms with Crippen LogP contribution in [0.15, 0.2) is 12.1 Å². The Bertz CT molecular complexity index is 327. The van der Waals surface area contributed by atoms with E-state index in [2.05, 4.69) is 0 Å². The van der Waals surface area contributed by atoms with Crippen LogP contribution in [0.4, 0.5) is 23.2 Å². The average molecular weight is 229 g/mol. The van der Waals surface area contributed by atoms with Crippen LogP contribution in [0.1, 0.15) is 5.56 Å². The zero-order valence-corrected chi connectivity index (χ0v) is 7.38. The molecule has 78 valence electrons. The van der Waals surface area contributed by atoms with Gasteiger partial charge in [-0.1, -0.05) is 11.6 Å². The molecule has 0 spiro atoms. The Balaban J connectivity index is 3.28. The van der Waals surface area contributed by atoms with Crippen LogP contribution in [0.3, 0.4) is 0 Å². The molecule has 0 aliphatic carbocycles.